The lowest BCUT2D eigenvalue weighted by Crippen LogP contribution is -2.13. The summed E-state index contributed by atoms with van der Waals surface area (Å²) in [6.45, 7) is 4.54. The van der Waals surface area contributed by atoms with Gasteiger partial charge in [-0.3, -0.25) is 4.79 Å². The summed E-state index contributed by atoms with van der Waals surface area (Å²) in [6, 6.07) is 6.38. The van der Waals surface area contributed by atoms with Crippen molar-refractivity contribution in [1.82, 2.24) is 4.98 Å². The monoisotopic (exact) mass is 333 g/mol. The van der Waals surface area contributed by atoms with Crippen LogP contribution in [0.25, 0.3) is 0 Å². The summed E-state index contributed by atoms with van der Waals surface area (Å²) in [5.74, 6) is -0.282. The van der Waals surface area contributed by atoms with Crippen molar-refractivity contribution in [1.29, 1.82) is 0 Å². The van der Waals surface area contributed by atoms with Crippen molar-refractivity contribution in [2.75, 3.05) is 6.61 Å². The number of esters is 1. The molecule has 0 radical (unpaired) electrons. The highest BCUT2D eigenvalue weighted by atomic mass is 19.1. The lowest BCUT2D eigenvalue weighted by atomic mass is 10.1. The number of hydrogen-bond donors (Lipinski definition) is 1. The Morgan fingerprint density at radius 1 is 1.25 bits per heavy atom. The lowest BCUT2D eigenvalue weighted by Gasteiger charge is -2.09. The van der Waals surface area contributed by atoms with Gasteiger partial charge in [-0.1, -0.05) is 13.8 Å². The Balaban J connectivity index is 1.91. The first-order valence-corrected chi connectivity index (χ1v) is 7.73. The molecule has 2 aromatic rings. The molecule has 0 spiro atoms. The van der Waals surface area contributed by atoms with Crippen molar-refractivity contribution in [2.24, 2.45) is 5.92 Å². The molecule has 0 bridgehead atoms. The van der Waals surface area contributed by atoms with Crippen LogP contribution in [0.1, 0.15) is 36.3 Å². The molecule has 0 aliphatic heterocycles. The van der Waals surface area contributed by atoms with E-state index in [1.807, 2.05) is 0 Å². The number of aromatic amines is 1. The second-order valence-electron chi connectivity index (χ2n) is 5.80. The summed E-state index contributed by atoms with van der Waals surface area (Å²) in [6.07, 6.45) is 2.32. The first-order chi connectivity index (χ1) is 11.5. The summed E-state index contributed by atoms with van der Waals surface area (Å²) in [4.78, 5) is 26.6. The van der Waals surface area contributed by atoms with Crippen molar-refractivity contribution in [3.8, 4) is 5.75 Å². The van der Waals surface area contributed by atoms with Gasteiger partial charge in [0, 0.05) is 12.3 Å². The summed E-state index contributed by atoms with van der Waals surface area (Å²) in [5, 5.41) is 0. The van der Waals surface area contributed by atoms with E-state index in [2.05, 4.69) is 18.8 Å². The summed E-state index contributed by atoms with van der Waals surface area (Å²) in [5.41, 5.74) is 0.421. The van der Waals surface area contributed by atoms with E-state index < -0.39 is 11.8 Å². The molecule has 1 aromatic heterocycles. The Kier molecular flexibility index (Phi) is 6.12. The Labute approximate surface area is 139 Å². The number of carbonyl (C=O) groups is 1. The van der Waals surface area contributed by atoms with Gasteiger partial charge in [-0.05, 0) is 36.6 Å². The smallest absolute Gasteiger partial charge is 0.338 e. The number of nitrogens with one attached hydrogen (secondary N) is 1. The van der Waals surface area contributed by atoms with E-state index in [1.54, 1.807) is 0 Å². The van der Waals surface area contributed by atoms with Gasteiger partial charge in [0.25, 0.3) is 0 Å². The Morgan fingerprint density at radius 3 is 2.58 bits per heavy atom. The molecule has 0 fully saturated rings. The van der Waals surface area contributed by atoms with Gasteiger partial charge in [0.1, 0.15) is 12.4 Å². The molecule has 128 valence electrons. The van der Waals surface area contributed by atoms with E-state index >= 15 is 0 Å². The van der Waals surface area contributed by atoms with E-state index in [4.69, 9.17) is 9.47 Å². The highest BCUT2D eigenvalue weighted by molar-refractivity contribution is 5.89. The van der Waals surface area contributed by atoms with Crippen molar-refractivity contribution < 1.29 is 18.7 Å². The molecule has 1 N–H and O–H groups in total. The van der Waals surface area contributed by atoms with E-state index in [0.29, 0.717) is 18.2 Å². The average Bonchev–Trinajstić information content (AvgIpc) is 2.55. The summed E-state index contributed by atoms with van der Waals surface area (Å²) >= 11 is 0. The van der Waals surface area contributed by atoms with Gasteiger partial charge in [0.05, 0.1) is 17.9 Å². The molecule has 0 saturated heterocycles. The van der Waals surface area contributed by atoms with Crippen LogP contribution in [0.2, 0.25) is 0 Å². The molecular weight excluding hydrogens is 313 g/mol. The first kappa shape index (κ1) is 17.7. The Bertz CT molecular complexity index is 737. The Morgan fingerprint density at radius 2 is 1.96 bits per heavy atom. The molecule has 1 heterocycles. The van der Waals surface area contributed by atoms with Gasteiger partial charge in [-0.15, -0.1) is 0 Å². The third kappa shape index (κ3) is 5.22. The number of ether oxygens (including phenoxy) is 2. The van der Waals surface area contributed by atoms with Crippen molar-refractivity contribution >= 4 is 5.97 Å². The normalized spacial score (nSPS) is 10.7. The van der Waals surface area contributed by atoms with Crippen LogP contribution in [-0.4, -0.2) is 17.6 Å². The van der Waals surface area contributed by atoms with Gasteiger partial charge < -0.3 is 14.5 Å². The van der Waals surface area contributed by atoms with Crippen LogP contribution in [0.3, 0.4) is 0 Å². The van der Waals surface area contributed by atoms with Gasteiger partial charge in [0.15, 0.2) is 5.75 Å². The number of H-pyrrole nitrogens is 1. The molecule has 6 heteroatoms. The molecule has 2 rings (SSSR count). The van der Waals surface area contributed by atoms with Gasteiger partial charge in [0.2, 0.25) is 5.43 Å². The Hall–Kier alpha value is -2.63. The van der Waals surface area contributed by atoms with Crippen LogP contribution in [0.4, 0.5) is 4.39 Å². The highest BCUT2D eigenvalue weighted by Crippen LogP contribution is 2.08. The lowest BCUT2D eigenvalue weighted by molar-refractivity contribution is 0.0467. The van der Waals surface area contributed by atoms with Crippen LogP contribution >= 0.6 is 0 Å². The third-order valence-corrected chi connectivity index (χ3v) is 3.33. The predicted molar refractivity (Wildman–Crippen MR) is 87.5 cm³/mol. The summed E-state index contributed by atoms with van der Waals surface area (Å²) < 4.78 is 23.3. The molecule has 0 unspecified atom stereocenters. The molecule has 0 aliphatic carbocycles. The standard InChI is InChI=1S/C18H20FNO4/c1-12(2)7-8-23-17-10-20-15(9-16(17)21)11-24-18(22)13-3-5-14(19)6-4-13/h3-6,9-10,12H,7-8,11H2,1-2H3,(H,20,21). The molecule has 0 atom stereocenters. The van der Waals surface area contributed by atoms with Gasteiger partial charge in [-0.25, -0.2) is 9.18 Å². The van der Waals surface area contributed by atoms with E-state index in [0.717, 1.165) is 6.42 Å². The van der Waals surface area contributed by atoms with Gasteiger partial charge in [-0.2, -0.15) is 0 Å². The number of halogens is 1. The minimum atomic E-state index is -0.590. The van der Waals surface area contributed by atoms with E-state index in [1.165, 1.54) is 36.5 Å². The molecule has 0 amide bonds. The van der Waals surface area contributed by atoms with E-state index in [-0.39, 0.29) is 23.3 Å². The SMILES string of the molecule is CC(C)CCOc1c[nH]c(COC(=O)c2ccc(F)cc2)cc1=O. The van der Waals surface area contributed by atoms with Crippen molar-refractivity contribution in [3.05, 3.63) is 63.8 Å². The molecule has 0 aliphatic rings. The quantitative estimate of drug-likeness (QED) is 0.790. The fourth-order valence-electron chi connectivity index (χ4n) is 1.91. The number of hydrogen-bond acceptors (Lipinski definition) is 4. The molecule has 5 nitrogen and oxygen atoms in total. The van der Waals surface area contributed by atoms with Crippen LogP contribution in [0, 0.1) is 11.7 Å². The fourth-order valence-corrected chi connectivity index (χ4v) is 1.91. The minimum Gasteiger partial charge on any atom is -0.488 e. The zero-order valence-corrected chi connectivity index (χ0v) is 13.7. The van der Waals surface area contributed by atoms with Crippen molar-refractivity contribution in [2.45, 2.75) is 26.9 Å². The van der Waals surface area contributed by atoms with Crippen LogP contribution in [0.15, 0.2) is 41.3 Å². The molecular formula is C18H20FNO4. The number of carbonyl (C=O) groups excluding carboxylic acids is 1. The highest BCUT2D eigenvalue weighted by Gasteiger charge is 2.09. The second kappa shape index (κ2) is 8.29. The zero-order chi connectivity index (χ0) is 17.5. The molecule has 24 heavy (non-hydrogen) atoms. The van der Waals surface area contributed by atoms with Crippen LogP contribution in [0.5, 0.6) is 5.75 Å². The first-order valence-electron chi connectivity index (χ1n) is 7.73. The topological polar surface area (TPSA) is 68.4 Å². The van der Waals surface area contributed by atoms with Gasteiger partial charge >= 0.3 is 5.97 Å². The number of aromatic nitrogens is 1. The molecule has 0 saturated carbocycles. The minimum absolute atomic E-state index is 0.0856. The maximum atomic E-state index is 12.8. The number of rotatable bonds is 7. The predicted octanol–water partition coefficient (Wildman–Crippen LogP) is 3.30. The number of pyridine rings is 1. The van der Waals surface area contributed by atoms with Crippen LogP contribution in [-0.2, 0) is 11.3 Å². The largest absolute Gasteiger partial charge is 0.488 e. The average molecular weight is 333 g/mol. The zero-order valence-electron chi connectivity index (χ0n) is 13.7. The van der Waals surface area contributed by atoms with Crippen LogP contribution < -0.4 is 10.2 Å². The maximum absolute atomic E-state index is 12.8. The third-order valence-electron chi connectivity index (χ3n) is 3.33. The summed E-state index contributed by atoms with van der Waals surface area (Å²) in [7, 11) is 0. The van der Waals surface area contributed by atoms with E-state index in [9.17, 15) is 14.0 Å². The maximum Gasteiger partial charge on any atom is 0.338 e. The van der Waals surface area contributed by atoms with Crippen molar-refractivity contribution in [3.63, 3.8) is 0 Å². The fraction of sp³-hybridized carbons (Fsp3) is 0.333. The number of benzene rings is 1. The molecule has 1 aromatic carbocycles. The second-order valence-corrected chi connectivity index (χ2v) is 5.80.